The van der Waals surface area contributed by atoms with E-state index in [1.807, 2.05) is 53.7 Å². The van der Waals surface area contributed by atoms with Crippen molar-refractivity contribution in [3.63, 3.8) is 0 Å². The maximum absolute atomic E-state index is 5.13. The Bertz CT molecular complexity index is 1020. The Morgan fingerprint density at radius 2 is 0.757 bits per heavy atom. The van der Waals surface area contributed by atoms with Crippen molar-refractivity contribution in [3.8, 4) is 0 Å². The van der Waals surface area contributed by atoms with Crippen molar-refractivity contribution in [3.05, 3.63) is 105 Å². The first-order chi connectivity index (χ1) is 17.9. The lowest BCUT2D eigenvalue weighted by Crippen LogP contribution is -2.13. The van der Waals surface area contributed by atoms with E-state index in [9.17, 15) is 0 Å². The number of nitrogens with zero attached hydrogens (tertiary/aromatic N) is 2. The first kappa shape index (κ1) is 34.0. The van der Waals surface area contributed by atoms with Gasteiger partial charge in [0, 0.05) is 16.7 Å². The smallest absolute Gasteiger partial charge is 0.167 e. The van der Waals surface area contributed by atoms with Crippen LogP contribution in [0.15, 0.2) is 70.6 Å². The number of hydrogen-bond donors (Lipinski definition) is 0. The van der Waals surface area contributed by atoms with E-state index in [-0.39, 0.29) is 6.17 Å². The summed E-state index contributed by atoms with van der Waals surface area (Å²) in [5.74, 6) is 0. The molecule has 0 saturated carbocycles. The molecule has 0 unspecified atom stereocenters. The van der Waals surface area contributed by atoms with Gasteiger partial charge in [0.05, 0.1) is 11.4 Å². The predicted octanol–water partition coefficient (Wildman–Crippen LogP) is 10.7. The van der Waals surface area contributed by atoms with E-state index in [0.29, 0.717) is 0 Å². The molecule has 0 radical (unpaired) electrons. The zero-order chi connectivity index (χ0) is 28.5. The molecule has 1 heterocycles. The highest BCUT2D eigenvalue weighted by Crippen LogP contribution is 2.36. The third-order valence-corrected chi connectivity index (χ3v) is 6.14. The van der Waals surface area contributed by atoms with Crippen LogP contribution >= 0.6 is 0 Å². The largest absolute Gasteiger partial charge is 0.251 e. The fourth-order valence-corrected chi connectivity index (χ4v) is 4.06. The van der Waals surface area contributed by atoms with Gasteiger partial charge in [0.1, 0.15) is 0 Å². The molecule has 4 rings (SSSR count). The van der Waals surface area contributed by atoms with Gasteiger partial charge in [-0.05, 0) is 62.4 Å². The van der Waals surface area contributed by atoms with Crippen LogP contribution in [0.25, 0.3) is 0 Å². The molecule has 0 atom stereocenters. The monoisotopic (exact) mass is 500 g/mol. The number of rotatable bonds is 3. The fourth-order valence-electron chi connectivity index (χ4n) is 4.06. The Morgan fingerprint density at radius 3 is 1.05 bits per heavy atom. The van der Waals surface area contributed by atoms with Crippen molar-refractivity contribution in [2.24, 2.45) is 9.98 Å². The molecule has 0 N–H and O–H groups in total. The molecule has 0 aliphatic carbocycles. The van der Waals surface area contributed by atoms with Gasteiger partial charge in [0.15, 0.2) is 6.17 Å². The maximum Gasteiger partial charge on any atom is 0.167 e. The minimum Gasteiger partial charge on any atom is -0.251 e. The van der Waals surface area contributed by atoms with Gasteiger partial charge in [-0.25, -0.2) is 0 Å². The van der Waals surface area contributed by atoms with E-state index in [1.165, 1.54) is 39.8 Å². The maximum atomic E-state index is 5.13. The molecule has 37 heavy (non-hydrogen) atoms. The van der Waals surface area contributed by atoms with Gasteiger partial charge in [-0.1, -0.05) is 122 Å². The molecule has 2 nitrogen and oxygen atoms in total. The zero-order valence-electron chi connectivity index (χ0n) is 26.0. The Hall–Kier alpha value is -3.00. The third-order valence-electron chi connectivity index (χ3n) is 6.14. The first-order valence-electron chi connectivity index (χ1n) is 14.2. The van der Waals surface area contributed by atoms with E-state index < -0.39 is 0 Å². The quantitative estimate of drug-likeness (QED) is 0.341. The molecular formula is C35H52N2. The highest BCUT2D eigenvalue weighted by atomic mass is 15.1. The molecule has 1 aliphatic rings. The molecule has 0 spiro atoms. The molecular weight excluding hydrogens is 448 g/mol. The van der Waals surface area contributed by atoms with Gasteiger partial charge in [0.2, 0.25) is 0 Å². The number of aliphatic imine (C=N–C) groups is 2. The van der Waals surface area contributed by atoms with Crippen LogP contribution in [0.1, 0.15) is 112 Å². The normalized spacial score (nSPS) is 11.7. The average molecular weight is 501 g/mol. The van der Waals surface area contributed by atoms with E-state index >= 15 is 0 Å². The third kappa shape index (κ3) is 8.52. The van der Waals surface area contributed by atoms with Crippen LogP contribution < -0.4 is 0 Å². The Labute approximate surface area is 229 Å². The van der Waals surface area contributed by atoms with Crippen LogP contribution in [0.5, 0.6) is 0 Å². The van der Waals surface area contributed by atoms with Crippen molar-refractivity contribution >= 4 is 11.4 Å². The van der Waals surface area contributed by atoms with Gasteiger partial charge in [-0.3, -0.25) is 9.98 Å². The Balaban J connectivity index is 0.00000129. The molecule has 0 amide bonds. The van der Waals surface area contributed by atoms with E-state index in [4.69, 9.17) is 9.98 Å². The summed E-state index contributed by atoms with van der Waals surface area (Å²) in [5, 5.41) is 0. The first-order valence-corrected chi connectivity index (χ1v) is 14.2. The summed E-state index contributed by atoms with van der Waals surface area (Å²) < 4.78 is 0. The van der Waals surface area contributed by atoms with Gasteiger partial charge >= 0.3 is 0 Å². The molecule has 1 aliphatic heterocycles. The molecule has 0 aromatic heterocycles. The van der Waals surface area contributed by atoms with Gasteiger partial charge < -0.3 is 0 Å². The zero-order valence-corrected chi connectivity index (χ0v) is 26.0. The standard InChI is InChI=1S/C26H26N2.C3H8.3C2H6/c1-16-17(2)19(4)23(20(5)18(16)3)26-27-24(21-12-8-6-9-13-21)25(28-26)22-14-10-7-11-15-22;1-3-2;3*1-2/h6-15,26H,1-5H3;3H2,1-2H3;3*1-2H3. The molecule has 2 heteroatoms. The van der Waals surface area contributed by atoms with Crippen molar-refractivity contribution < 1.29 is 0 Å². The van der Waals surface area contributed by atoms with Gasteiger partial charge in [-0.2, -0.15) is 0 Å². The number of benzene rings is 3. The van der Waals surface area contributed by atoms with E-state index in [2.05, 4.69) is 97.0 Å². The Kier molecular flexibility index (Phi) is 16.8. The molecule has 0 fully saturated rings. The lowest BCUT2D eigenvalue weighted by atomic mass is 9.88. The fraction of sp³-hybridized carbons (Fsp3) is 0.429. The SMILES string of the molecule is CC.CC.CC.CCC.Cc1c(C)c(C)c(C2N=C(c3ccccc3)C(c3ccccc3)=N2)c(C)c1C. The van der Waals surface area contributed by atoms with E-state index in [1.54, 1.807) is 0 Å². The van der Waals surface area contributed by atoms with Crippen molar-refractivity contribution in [2.75, 3.05) is 0 Å². The Morgan fingerprint density at radius 1 is 0.486 bits per heavy atom. The summed E-state index contributed by atoms with van der Waals surface area (Å²) in [6.07, 6.45) is 1.06. The lowest BCUT2D eigenvalue weighted by Gasteiger charge is -2.20. The van der Waals surface area contributed by atoms with Crippen molar-refractivity contribution in [1.29, 1.82) is 0 Å². The van der Waals surface area contributed by atoms with Crippen LogP contribution in [0, 0.1) is 34.6 Å². The van der Waals surface area contributed by atoms with E-state index in [0.717, 1.165) is 22.6 Å². The second-order valence-corrected chi connectivity index (χ2v) is 8.31. The highest BCUT2D eigenvalue weighted by Gasteiger charge is 2.28. The number of hydrogen-bond acceptors (Lipinski definition) is 2. The predicted molar refractivity (Wildman–Crippen MR) is 169 cm³/mol. The van der Waals surface area contributed by atoms with Crippen molar-refractivity contribution in [2.45, 2.75) is 103 Å². The van der Waals surface area contributed by atoms with Gasteiger partial charge in [0.25, 0.3) is 0 Å². The summed E-state index contributed by atoms with van der Waals surface area (Å²) >= 11 is 0. The van der Waals surface area contributed by atoms with Crippen LogP contribution in [0.3, 0.4) is 0 Å². The van der Waals surface area contributed by atoms with Crippen LogP contribution in [-0.2, 0) is 0 Å². The molecule has 3 aromatic carbocycles. The summed E-state index contributed by atoms with van der Waals surface area (Å²) in [5.41, 5.74) is 12.1. The molecule has 0 saturated heterocycles. The second kappa shape index (κ2) is 18.3. The topological polar surface area (TPSA) is 24.7 Å². The molecule has 0 bridgehead atoms. The summed E-state index contributed by atoms with van der Waals surface area (Å²) in [6, 6.07) is 20.8. The average Bonchev–Trinajstić information content (AvgIpc) is 3.41. The molecule has 3 aromatic rings. The lowest BCUT2D eigenvalue weighted by molar-refractivity contribution is 0.777. The van der Waals surface area contributed by atoms with Crippen LogP contribution in [0.2, 0.25) is 0 Å². The minimum atomic E-state index is -0.191. The van der Waals surface area contributed by atoms with Crippen LogP contribution in [-0.4, -0.2) is 11.4 Å². The summed E-state index contributed by atoms with van der Waals surface area (Å²) in [4.78, 5) is 10.3. The molecule has 202 valence electrons. The highest BCUT2D eigenvalue weighted by molar-refractivity contribution is 6.54. The second-order valence-electron chi connectivity index (χ2n) is 8.31. The minimum absolute atomic E-state index is 0.191. The van der Waals surface area contributed by atoms with Crippen molar-refractivity contribution in [1.82, 2.24) is 0 Å². The summed E-state index contributed by atoms with van der Waals surface area (Å²) in [6.45, 7) is 27.3. The van der Waals surface area contributed by atoms with Crippen LogP contribution in [0.4, 0.5) is 0 Å². The summed E-state index contributed by atoms with van der Waals surface area (Å²) in [7, 11) is 0. The van der Waals surface area contributed by atoms with Gasteiger partial charge in [-0.15, -0.1) is 0 Å².